The van der Waals surface area contributed by atoms with Crippen LogP contribution in [0.15, 0.2) is 46.9 Å². The van der Waals surface area contributed by atoms with E-state index in [4.69, 9.17) is 0 Å². The van der Waals surface area contributed by atoms with Crippen LogP contribution in [0.2, 0.25) is 0 Å². The van der Waals surface area contributed by atoms with Gasteiger partial charge in [-0.15, -0.1) is 28.1 Å². The summed E-state index contributed by atoms with van der Waals surface area (Å²) in [4.78, 5) is 16.1. The number of aryl methyl sites for hydroxylation is 2. The van der Waals surface area contributed by atoms with Crippen molar-refractivity contribution in [3.63, 3.8) is 0 Å². The molecule has 0 unspecified atom stereocenters. The van der Waals surface area contributed by atoms with Crippen LogP contribution < -0.4 is 5.56 Å². The van der Waals surface area contributed by atoms with Gasteiger partial charge in [0.1, 0.15) is 4.83 Å². The first-order valence-corrected chi connectivity index (χ1v) is 11.7. The van der Waals surface area contributed by atoms with Gasteiger partial charge in [0.15, 0.2) is 5.16 Å². The summed E-state index contributed by atoms with van der Waals surface area (Å²) in [5.41, 5.74) is 3.22. The third-order valence-corrected chi connectivity index (χ3v) is 7.77. The highest BCUT2D eigenvalue weighted by molar-refractivity contribution is 7.99. The van der Waals surface area contributed by atoms with Crippen LogP contribution in [0, 0.1) is 6.92 Å². The smallest absolute Gasteiger partial charge is 0.268 e. The highest BCUT2D eigenvalue weighted by Crippen LogP contribution is 2.41. The van der Waals surface area contributed by atoms with Crippen LogP contribution in [0.3, 0.4) is 0 Å². The molecule has 1 atom stereocenters. The Bertz CT molecular complexity index is 1300. The molecule has 0 N–H and O–H groups in total. The second-order valence-electron chi connectivity index (χ2n) is 7.61. The molecule has 0 aliphatic heterocycles. The first-order chi connectivity index (χ1) is 14.1. The maximum atomic E-state index is 13.8. The molecule has 0 radical (unpaired) electrons. The zero-order chi connectivity index (χ0) is 20.1. The number of rotatable bonds is 4. The Labute approximate surface area is 177 Å². The van der Waals surface area contributed by atoms with Crippen molar-refractivity contribution in [2.75, 3.05) is 5.75 Å². The van der Waals surface area contributed by atoms with Gasteiger partial charge in [0.05, 0.1) is 11.1 Å². The molecule has 0 saturated carbocycles. The minimum atomic E-state index is 0.00951. The van der Waals surface area contributed by atoms with Crippen LogP contribution in [0.5, 0.6) is 0 Å². The van der Waals surface area contributed by atoms with Crippen molar-refractivity contribution >= 4 is 39.1 Å². The van der Waals surface area contributed by atoms with E-state index in [1.165, 1.54) is 16.9 Å². The predicted molar refractivity (Wildman–Crippen MR) is 121 cm³/mol. The van der Waals surface area contributed by atoms with E-state index in [0.717, 1.165) is 45.2 Å². The van der Waals surface area contributed by atoms with E-state index < -0.39 is 0 Å². The average molecular weight is 423 g/mol. The number of fused-ring (bicyclic) bond motifs is 5. The largest absolute Gasteiger partial charge is 0.268 e. The standard InChI is InChI=1S/C22H22N4OS2/c1-4-12-28-22-24-23-21-25(15-10-8-13(2)9-11-15)19(27)18-17-14(3)6-5-7-16(17)29-20(18)26(21)22/h4,8-11,14H,1,5-7,12H2,2-3H3/t14-/m1/s1. The molecule has 148 valence electrons. The Morgan fingerprint density at radius 2 is 2.10 bits per heavy atom. The molecular weight excluding hydrogens is 400 g/mol. The Morgan fingerprint density at radius 1 is 1.31 bits per heavy atom. The van der Waals surface area contributed by atoms with Crippen molar-refractivity contribution in [1.29, 1.82) is 0 Å². The Kier molecular flexibility index (Phi) is 4.59. The van der Waals surface area contributed by atoms with Crippen LogP contribution >= 0.6 is 23.1 Å². The van der Waals surface area contributed by atoms with Crippen LogP contribution in [0.1, 0.15) is 41.7 Å². The minimum Gasteiger partial charge on any atom is -0.268 e. The number of benzene rings is 1. The molecule has 0 saturated heterocycles. The summed E-state index contributed by atoms with van der Waals surface area (Å²) in [5, 5.41) is 10.5. The maximum Gasteiger partial charge on any atom is 0.268 e. The van der Waals surface area contributed by atoms with Gasteiger partial charge in [-0.05, 0) is 49.8 Å². The second-order valence-corrected chi connectivity index (χ2v) is 9.68. The van der Waals surface area contributed by atoms with E-state index in [2.05, 4.69) is 28.1 Å². The Hall–Kier alpha value is -2.38. The van der Waals surface area contributed by atoms with Crippen LogP contribution in [0.4, 0.5) is 0 Å². The molecule has 4 aromatic rings. The molecule has 0 bridgehead atoms. The van der Waals surface area contributed by atoms with Gasteiger partial charge in [0, 0.05) is 10.6 Å². The van der Waals surface area contributed by atoms with Crippen molar-refractivity contribution in [3.05, 3.63) is 63.3 Å². The van der Waals surface area contributed by atoms with Crippen LogP contribution in [0.25, 0.3) is 21.7 Å². The summed E-state index contributed by atoms with van der Waals surface area (Å²) < 4.78 is 3.79. The fraction of sp³-hybridized carbons (Fsp3) is 0.318. The third-order valence-electron chi connectivity index (χ3n) is 5.60. The summed E-state index contributed by atoms with van der Waals surface area (Å²) >= 11 is 3.33. The lowest BCUT2D eigenvalue weighted by Gasteiger charge is -2.18. The lowest BCUT2D eigenvalue weighted by Crippen LogP contribution is -2.22. The lowest BCUT2D eigenvalue weighted by molar-refractivity contribution is 0.601. The number of thioether (sulfide) groups is 1. The van der Waals surface area contributed by atoms with Crippen LogP contribution in [-0.2, 0) is 6.42 Å². The first-order valence-electron chi connectivity index (χ1n) is 9.86. The summed E-state index contributed by atoms with van der Waals surface area (Å²) in [7, 11) is 0. The van der Waals surface area contributed by atoms with E-state index in [-0.39, 0.29) is 5.56 Å². The number of aromatic nitrogens is 4. The van der Waals surface area contributed by atoms with E-state index >= 15 is 0 Å². The second kappa shape index (κ2) is 7.15. The molecule has 0 amide bonds. The molecule has 0 fully saturated rings. The molecule has 5 nitrogen and oxygen atoms in total. The normalized spacial score (nSPS) is 16.4. The molecule has 1 aliphatic carbocycles. The molecule has 1 aromatic carbocycles. The topological polar surface area (TPSA) is 52.2 Å². The van der Waals surface area contributed by atoms with Gasteiger partial charge in [0.2, 0.25) is 5.78 Å². The number of hydrogen-bond acceptors (Lipinski definition) is 5. The first kappa shape index (κ1) is 18.6. The summed E-state index contributed by atoms with van der Waals surface area (Å²) in [6, 6.07) is 8.02. The zero-order valence-corrected chi connectivity index (χ0v) is 18.1. The van der Waals surface area contributed by atoms with E-state index in [1.807, 2.05) is 37.3 Å². The number of nitrogens with zero attached hydrogens (tertiary/aromatic N) is 4. The van der Waals surface area contributed by atoms with Gasteiger partial charge in [-0.25, -0.2) is 8.97 Å². The molecule has 3 aromatic heterocycles. The summed E-state index contributed by atoms with van der Waals surface area (Å²) in [6.07, 6.45) is 5.21. The van der Waals surface area contributed by atoms with E-state index in [9.17, 15) is 4.79 Å². The molecule has 29 heavy (non-hydrogen) atoms. The van der Waals surface area contributed by atoms with Crippen molar-refractivity contribution < 1.29 is 0 Å². The van der Waals surface area contributed by atoms with Crippen molar-refractivity contribution in [3.8, 4) is 5.69 Å². The van der Waals surface area contributed by atoms with Crippen LogP contribution in [-0.4, -0.2) is 24.9 Å². The van der Waals surface area contributed by atoms with Gasteiger partial charge in [-0.1, -0.05) is 42.5 Å². The number of hydrogen-bond donors (Lipinski definition) is 0. The zero-order valence-electron chi connectivity index (χ0n) is 16.5. The summed E-state index contributed by atoms with van der Waals surface area (Å²) in [6.45, 7) is 8.11. The van der Waals surface area contributed by atoms with Crippen molar-refractivity contribution in [2.24, 2.45) is 0 Å². The fourth-order valence-electron chi connectivity index (χ4n) is 4.20. The summed E-state index contributed by atoms with van der Waals surface area (Å²) in [5.74, 6) is 1.71. The monoisotopic (exact) mass is 422 g/mol. The lowest BCUT2D eigenvalue weighted by atomic mass is 9.88. The predicted octanol–water partition coefficient (Wildman–Crippen LogP) is 5.12. The van der Waals surface area contributed by atoms with Crippen molar-refractivity contribution in [1.82, 2.24) is 19.2 Å². The van der Waals surface area contributed by atoms with Crippen molar-refractivity contribution in [2.45, 2.75) is 44.2 Å². The SMILES string of the molecule is C=CCSc1nnc2n(-c3ccc(C)cc3)c(=O)c3c4c(sc3n12)CCC[C@H]4C. The molecule has 5 rings (SSSR count). The van der Waals surface area contributed by atoms with Gasteiger partial charge in [-0.2, -0.15) is 0 Å². The highest BCUT2D eigenvalue weighted by atomic mass is 32.2. The quantitative estimate of drug-likeness (QED) is 0.338. The number of thiophene rings is 1. The molecule has 7 heteroatoms. The average Bonchev–Trinajstić information content (AvgIpc) is 3.30. The van der Waals surface area contributed by atoms with Gasteiger partial charge in [0.25, 0.3) is 5.56 Å². The van der Waals surface area contributed by atoms with E-state index in [0.29, 0.717) is 11.7 Å². The fourth-order valence-corrected chi connectivity index (χ4v) is 6.38. The van der Waals surface area contributed by atoms with Gasteiger partial charge >= 0.3 is 0 Å². The Balaban J connectivity index is 1.93. The third kappa shape index (κ3) is 2.87. The molecule has 0 spiro atoms. The maximum absolute atomic E-state index is 13.8. The molecule has 3 heterocycles. The van der Waals surface area contributed by atoms with Gasteiger partial charge in [-0.3, -0.25) is 4.79 Å². The molecular formula is C22H22N4OS2. The highest BCUT2D eigenvalue weighted by Gasteiger charge is 2.28. The Morgan fingerprint density at radius 3 is 2.86 bits per heavy atom. The van der Waals surface area contributed by atoms with E-state index in [1.54, 1.807) is 27.7 Å². The van der Waals surface area contributed by atoms with Gasteiger partial charge < -0.3 is 0 Å². The molecule has 1 aliphatic rings. The minimum absolute atomic E-state index is 0.00951.